The van der Waals surface area contributed by atoms with Crippen LogP contribution < -0.4 is 9.62 Å². The summed E-state index contributed by atoms with van der Waals surface area (Å²) in [7, 11) is -3.86. The van der Waals surface area contributed by atoms with Gasteiger partial charge in [0.2, 0.25) is 5.91 Å². The molecule has 0 bridgehead atoms. The summed E-state index contributed by atoms with van der Waals surface area (Å²) in [6.45, 7) is 4.15. The number of amides is 1. The molecule has 0 heterocycles. The summed E-state index contributed by atoms with van der Waals surface area (Å²) >= 11 is 0. The highest BCUT2D eigenvalue weighted by molar-refractivity contribution is 7.92. The number of carbonyl (C=O) groups excluding carboxylic acids is 1. The van der Waals surface area contributed by atoms with Gasteiger partial charge < -0.3 is 5.32 Å². The second-order valence-corrected chi connectivity index (χ2v) is 9.78. The summed E-state index contributed by atoms with van der Waals surface area (Å²) in [6, 6.07) is 14.0. The number of nitrogens with zero attached hydrogens (tertiary/aromatic N) is 1. The Hall–Kier alpha value is -2.34. The number of benzene rings is 2. The van der Waals surface area contributed by atoms with Crippen LogP contribution in [-0.2, 0) is 14.8 Å². The van der Waals surface area contributed by atoms with Crippen LogP contribution in [-0.4, -0.2) is 27.4 Å². The van der Waals surface area contributed by atoms with Gasteiger partial charge in [0, 0.05) is 6.54 Å². The van der Waals surface area contributed by atoms with Crippen LogP contribution in [0.25, 0.3) is 0 Å². The van der Waals surface area contributed by atoms with E-state index in [-0.39, 0.29) is 17.3 Å². The van der Waals surface area contributed by atoms with Crippen molar-refractivity contribution in [3.63, 3.8) is 0 Å². The van der Waals surface area contributed by atoms with Crippen LogP contribution in [0.2, 0.25) is 0 Å². The highest BCUT2D eigenvalue weighted by Gasteiger charge is 2.28. The number of aryl methyl sites for hydroxylation is 2. The van der Waals surface area contributed by atoms with Crippen LogP contribution >= 0.6 is 0 Å². The number of hydrogen-bond acceptors (Lipinski definition) is 3. The van der Waals surface area contributed by atoms with Gasteiger partial charge in [-0.3, -0.25) is 9.10 Å². The Balaban J connectivity index is 1.82. The summed E-state index contributed by atoms with van der Waals surface area (Å²) in [5.74, 6) is 0.225. The first kappa shape index (κ1) is 21.4. The molecule has 1 aliphatic rings. The fourth-order valence-electron chi connectivity index (χ4n) is 3.82. The molecule has 1 N–H and O–H groups in total. The minimum Gasteiger partial charge on any atom is -0.354 e. The summed E-state index contributed by atoms with van der Waals surface area (Å²) in [6.07, 6.45) is 5.93. The van der Waals surface area contributed by atoms with Gasteiger partial charge in [-0.25, -0.2) is 8.42 Å². The third-order valence-electron chi connectivity index (χ3n) is 5.59. The van der Waals surface area contributed by atoms with E-state index >= 15 is 0 Å². The molecule has 156 valence electrons. The van der Waals surface area contributed by atoms with Crippen LogP contribution in [0.15, 0.2) is 53.4 Å². The molecule has 1 fully saturated rings. The summed E-state index contributed by atoms with van der Waals surface area (Å²) in [4.78, 5) is 12.9. The van der Waals surface area contributed by atoms with E-state index in [0.29, 0.717) is 18.2 Å². The predicted molar refractivity (Wildman–Crippen MR) is 116 cm³/mol. The Morgan fingerprint density at radius 3 is 2.31 bits per heavy atom. The van der Waals surface area contributed by atoms with Crippen molar-refractivity contribution in [3.05, 3.63) is 59.7 Å². The second-order valence-electron chi connectivity index (χ2n) is 7.92. The van der Waals surface area contributed by atoms with Gasteiger partial charge in [-0.1, -0.05) is 55.2 Å². The minimum atomic E-state index is -3.86. The topological polar surface area (TPSA) is 66.5 Å². The van der Waals surface area contributed by atoms with Crippen LogP contribution in [0.1, 0.15) is 43.2 Å². The van der Waals surface area contributed by atoms with Gasteiger partial charge in [0.05, 0.1) is 10.6 Å². The van der Waals surface area contributed by atoms with Gasteiger partial charge in [0.25, 0.3) is 10.0 Å². The summed E-state index contributed by atoms with van der Waals surface area (Å²) < 4.78 is 28.0. The van der Waals surface area contributed by atoms with E-state index in [1.54, 1.807) is 36.4 Å². The molecule has 2 aromatic rings. The van der Waals surface area contributed by atoms with E-state index in [0.717, 1.165) is 24.0 Å². The smallest absolute Gasteiger partial charge is 0.264 e. The van der Waals surface area contributed by atoms with E-state index in [1.807, 2.05) is 26.0 Å². The monoisotopic (exact) mass is 414 g/mol. The van der Waals surface area contributed by atoms with Crippen molar-refractivity contribution in [1.82, 2.24) is 5.32 Å². The first-order valence-corrected chi connectivity index (χ1v) is 11.7. The molecule has 1 aliphatic carbocycles. The number of anilines is 1. The number of sulfonamides is 1. The van der Waals surface area contributed by atoms with E-state index in [4.69, 9.17) is 0 Å². The fraction of sp³-hybridized carbons (Fsp3) is 0.435. The number of hydrogen-bond donors (Lipinski definition) is 1. The lowest BCUT2D eigenvalue weighted by molar-refractivity contribution is -0.119. The van der Waals surface area contributed by atoms with Gasteiger partial charge in [0.15, 0.2) is 0 Å². The number of rotatable bonds is 7. The van der Waals surface area contributed by atoms with Crippen LogP contribution in [0.4, 0.5) is 5.69 Å². The Morgan fingerprint density at radius 2 is 1.66 bits per heavy atom. The number of nitrogens with one attached hydrogen (secondary N) is 1. The van der Waals surface area contributed by atoms with Crippen molar-refractivity contribution in [1.29, 1.82) is 0 Å². The molecule has 0 radical (unpaired) electrons. The Bertz CT molecular complexity index is 933. The molecule has 0 spiro atoms. The molecule has 6 heteroatoms. The summed E-state index contributed by atoms with van der Waals surface area (Å²) in [5, 5.41) is 2.96. The third kappa shape index (κ3) is 5.38. The van der Waals surface area contributed by atoms with E-state index in [2.05, 4.69) is 5.32 Å². The highest BCUT2D eigenvalue weighted by Crippen LogP contribution is 2.27. The number of para-hydroxylation sites is 1. The van der Waals surface area contributed by atoms with Gasteiger partial charge in [-0.15, -0.1) is 0 Å². The van der Waals surface area contributed by atoms with E-state index < -0.39 is 10.0 Å². The molecule has 29 heavy (non-hydrogen) atoms. The zero-order valence-corrected chi connectivity index (χ0v) is 18.0. The van der Waals surface area contributed by atoms with Gasteiger partial charge >= 0.3 is 0 Å². The first-order valence-electron chi connectivity index (χ1n) is 10.3. The molecule has 0 atom stereocenters. The average Bonchev–Trinajstić information content (AvgIpc) is 2.72. The molecule has 2 aromatic carbocycles. The zero-order chi connectivity index (χ0) is 20.9. The van der Waals surface area contributed by atoms with Crippen molar-refractivity contribution < 1.29 is 13.2 Å². The molecule has 1 amide bonds. The fourth-order valence-corrected chi connectivity index (χ4v) is 5.30. The highest BCUT2D eigenvalue weighted by atomic mass is 32.2. The van der Waals surface area contributed by atoms with Crippen LogP contribution in [0, 0.1) is 19.8 Å². The maximum absolute atomic E-state index is 13.4. The molecule has 0 saturated heterocycles. The largest absolute Gasteiger partial charge is 0.354 e. The summed E-state index contributed by atoms with van der Waals surface area (Å²) in [5.41, 5.74) is 2.32. The zero-order valence-electron chi connectivity index (χ0n) is 17.2. The average molecular weight is 415 g/mol. The Labute approximate surface area is 174 Å². The molecule has 0 unspecified atom stereocenters. The molecular formula is C23H30N2O3S. The maximum atomic E-state index is 13.4. The van der Waals surface area contributed by atoms with Crippen LogP contribution in [0.3, 0.4) is 0 Å². The lowest BCUT2D eigenvalue weighted by Crippen LogP contribution is -2.42. The predicted octanol–water partition coefficient (Wildman–Crippen LogP) is 4.20. The molecule has 1 saturated carbocycles. The molecule has 0 aliphatic heterocycles. The van der Waals surface area contributed by atoms with Crippen molar-refractivity contribution in [2.75, 3.05) is 17.4 Å². The normalized spacial score (nSPS) is 15.1. The quantitative estimate of drug-likeness (QED) is 0.739. The molecule has 3 rings (SSSR count). The van der Waals surface area contributed by atoms with E-state index in [9.17, 15) is 13.2 Å². The number of carbonyl (C=O) groups is 1. The van der Waals surface area contributed by atoms with Gasteiger partial charge in [-0.2, -0.15) is 0 Å². The minimum absolute atomic E-state index is 0.187. The lowest BCUT2D eigenvalue weighted by Gasteiger charge is -2.26. The van der Waals surface area contributed by atoms with Crippen molar-refractivity contribution >= 4 is 21.6 Å². The van der Waals surface area contributed by atoms with Crippen molar-refractivity contribution in [2.24, 2.45) is 5.92 Å². The van der Waals surface area contributed by atoms with Crippen molar-refractivity contribution in [2.45, 2.75) is 50.8 Å². The van der Waals surface area contributed by atoms with Gasteiger partial charge in [0.1, 0.15) is 6.54 Å². The van der Waals surface area contributed by atoms with Gasteiger partial charge in [-0.05, 0) is 56.4 Å². The van der Waals surface area contributed by atoms with Crippen LogP contribution in [0.5, 0.6) is 0 Å². The Kier molecular flexibility index (Phi) is 6.96. The maximum Gasteiger partial charge on any atom is 0.264 e. The Morgan fingerprint density at radius 1 is 1.00 bits per heavy atom. The standard InChI is InChI=1S/C23H30N2O3S/c1-18-12-14-21(15-13-18)29(27,28)25(22-11-7-6-8-19(22)2)17-23(26)24-16-20-9-4-3-5-10-20/h6-8,11-15,20H,3-5,9-10,16-17H2,1-2H3,(H,24,26). The SMILES string of the molecule is Cc1ccc(S(=O)(=O)N(CC(=O)NCC2CCCCC2)c2ccccc2C)cc1. The van der Waals surface area contributed by atoms with Crippen molar-refractivity contribution in [3.8, 4) is 0 Å². The first-order chi connectivity index (χ1) is 13.9. The second kappa shape index (κ2) is 9.44. The molecule has 0 aromatic heterocycles. The molecular weight excluding hydrogens is 384 g/mol. The van der Waals surface area contributed by atoms with E-state index in [1.165, 1.54) is 23.6 Å². The molecule has 5 nitrogen and oxygen atoms in total. The lowest BCUT2D eigenvalue weighted by atomic mass is 9.89. The third-order valence-corrected chi connectivity index (χ3v) is 7.37.